The number of hydrogen-bond donors (Lipinski definition) is 4. The monoisotopic (exact) mass is 943 g/mol. The van der Waals surface area contributed by atoms with Crippen LogP contribution < -0.4 is 25.5 Å². The Hall–Kier alpha value is -6.82. The van der Waals surface area contributed by atoms with Gasteiger partial charge in [0.2, 0.25) is 17.7 Å². The number of amides is 4. The van der Waals surface area contributed by atoms with Crippen LogP contribution >= 0.6 is 0 Å². The largest absolute Gasteiger partial charge is 0.460 e. The first-order valence-corrected chi connectivity index (χ1v) is 23.3. The molecule has 1 heterocycles. The third-order valence-electron chi connectivity index (χ3n) is 9.40. The second-order valence-corrected chi connectivity index (χ2v) is 19.4. The number of alkyl carbamates (subject to hydrolysis) is 1. The predicted molar refractivity (Wildman–Crippen MR) is 250 cm³/mol. The van der Waals surface area contributed by atoms with Crippen molar-refractivity contribution in [2.45, 2.75) is 123 Å². The lowest BCUT2D eigenvalue weighted by Gasteiger charge is -2.28. The zero-order valence-electron chi connectivity index (χ0n) is 39.1. The van der Waals surface area contributed by atoms with E-state index in [-0.39, 0.29) is 25.2 Å². The van der Waals surface area contributed by atoms with E-state index in [2.05, 4.69) is 21.3 Å². The number of para-hydroxylation sites is 2. The second-order valence-electron chi connectivity index (χ2n) is 18.0. The van der Waals surface area contributed by atoms with Gasteiger partial charge in [-0.2, -0.15) is 8.42 Å². The van der Waals surface area contributed by atoms with Crippen LogP contribution in [0.5, 0.6) is 5.75 Å². The minimum Gasteiger partial charge on any atom is -0.460 e. The molecule has 0 aliphatic carbocycles. The summed E-state index contributed by atoms with van der Waals surface area (Å²) in [5, 5.41) is 12.0. The lowest BCUT2D eigenvalue weighted by atomic mass is 10.0. The standard InChI is InChI=1S/C49H61N5O12S/c1-32(2)43(46(59)51-36(29-41(55)64-48(3,4)5)27-28-67(61,62)66-37-20-13-10-14-21-37)54-44(57)39(26-25-35-24-23-34-19-15-16-22-38(34)50-35)52-45(58)40(30-42(56)65-49(6,7)8)53-47(60)63-31-33-17-11-9-12-18-33/h9-24,27-28,32,36,39-40,43H,25-26,29-31H2,1-8H3,(H,51,59)(H,52,58)(H,53,60)(H,54,57)/b28-27+/t36-,39+,40+,43+/m1/s1. The average Bonchev–Trinajstić information content (AvgIpc) is 3.24. The number of benzene rings is 3. The molecule has 3 aromatic carbocycles. The van der Waals surface area contributed by atoms with E-state index >= 15 is 0 Å². The minimum atomic E-state index is -4.37. The summed E-state index contributed by atoms with van der Waals surface area (Å²) >= 11 is 0. The number of aryl methyl sites for hydroxylation is 1. The van der Waals surface area contributed by atoms with Gasteiger partial charge in [-0.05, 0) is 96.2 Å². The molecular formula is C49H61N5O12S. The van der Waals surface area contributed by atoms with E-state index in [1.807, 2.05) is 30.3 Å². The molecule has 4 rings (SSSR count). The molecule has 0 radical (unpaired) electrons. The Morgan fingerprint density at radius 2 is 1.24 bits per heavy atom. The predicted octanol–water partition coefficient (Wildman–Crippen LogP) is 5.96. The van der Waals surface area contributed by atoms with Crippen molar-refractivity contribution in [2.24, 2.45) is 5.92 Å². The number of nitrogens with zero attached hydrogens (tertiary/aromatic N) is 1. The summed E-state index contributed by atoms with van der Waals surface area (Å²) in [6, 6.07) is 22.1. The maximum absolute atomic E-state index is 14.4. The Morgan fingerprint density at radius 1 is 0.657 bits per heavy atom. The third-order valence-corrected chi connectivity index (χ3v) is 10.3. The maximum Gasteiger partial charge on any atom is 0.408 e. The maximum atomic E-state index is 14.4. The summed E-state index contributed by atoms with van der Waals surface area (Å²) in [6.07, 6.45) is -0.957. The number of ether oxygens (including phenoxy) is 3. The summed E-state index contributed by atoms with van der Waals surface area (Å²) in [6.45, 7) is 13.0. The van der Waals surface area contributed by atoms with E-state index in [1.165, 1.54) is 12.1 Å². The molecule has 0 fully saturated rings. The Labute approximate surface area is 391 Å². The highest BCUT2D eigenvalue weighted by Crippen LogP contribution is 2.17. The fraction of sp³-hybridized carbons (Fsp3) is 0.408. The van der Waals surface area contributed by atoms with Crippen LogP contribution in [0.3, 0.4) is 0 Å². The van der Waals surface area contributed by atoms with Crippen molar-refractivity contribution in [3.05, 3.63) is 120 Å². The molecule has 0 spiro atoms. The summed E-state index contributed by atoms with van der Waals surface area (Å²) in [4.78, 5) is 86.4. The van der Waals surface area contributed by atoms with Gasteiger partial charge in [0.05, 0.1) is 29.8 Å². The van der Waals surface area contributed by atoms with Gasteiger partial charge < -0.3 is 39.7 Å². The van der Waals surface area contributed by atoms with Gasteiger partial charge in [0.25, 0.3) is 0 Å². The van der Waals surface area contributed by atoms with E-state index in [0.717, 1.165) is 11.5 Å². The lowest BCUT2D eigenvalue weighted by Crippen LogP contribution is -2.58. The van der Waals surface area contributed by atoms with Gasteiger partial charge in [-0.25, -0.2) is 4.79 Å². The van der Waals surface area contributed by atoms with E-state index in [0.29, 0.717) is 22.2 Å². The van der Waals surface area contributed by atoms with Gasteiger partial charge in [-0.15, -0.1) is 0 Å². The van der Waals surface area contributed by atoms with Crippen molar-refractivity contribution < 1.29 is 55.6 Å². The van der Waals surface area contributed by atoms with E-state index < -0.39 is 100 Å². The SMILES string of the molecule is CC(C)[C@H](NC(=O)[C@H](CCc1ccc2ccccc2n1)NC(=O)[C@H](CC(=O)OC(C)(C)C)NC(=O)OCc1ccccc1)C(=O)N[C@H](/C=C/S(=O)(=O)Oc1ccccc1)CC(=O)OC(C)(C)C. The van der Waals surface area contributed by atoms with Crippen molar-refractivity contribution in [3.8, 4) is 5.75 Å². The quantitative estimate of drug-likeness (QED) is 0.0430. The summed E-state index contributed by atoms with van der Waals surface area (Å²) in [7, 11) is -4.37. The topological polar surface area (TPSA) is 234 Å². The van der Waals surface area contributed by atoms with Crippen molar-refractivity contribution in [1.82, 2.24) is 26.3 Å². The van der Waals surface area contributed by atoms with Crippen LogP contribution in [0.2, 0.25) is 0 Å². The first-order chi connectivity index (χ1) is 31.4. The number of esters is 2. The normalized spacial score (nSPS) is 13.7. The molecule has 0 saturated carbocycles. The summed E-state index contributed by atoms with van der Waals surface area (Å²) in [5.74, 6) is -4.67. The number of carbonyl (C=O) groups excluding carboxylic acids is 6. The van der Waals surface area contributed by atoms with Crippen LogP contribution in [0, 0.1) is 5.92 Å². The highest BCUT2D eigenvalue weighted by Gasteiger charge is 2.34. The zero-order valence-corrected chi connectivity index (χ0v) is 39.9. The van der Waals surface area contributed by atoms with Gasteiger partial charge in [0.15, 0.2) is 0 Å². The van der Waals surface area contributed by atoms with Gasteiger partial charge in [-0.1, -0.05) is 86.6 Å². The van der Waals surface area contributed by atoms with E-state index in [1.54, 1.807) is 110 Å². The molecule has 0 bridgehead atoms. The highest BCUT2D eigenvalue weighted by atomic mass is 32.2. The Bertz CT molecular complexity index is 2470. The molecule has 17 nitrogen and oxygen atoms in total. The first kappa shape index (κ1) is 52.8. The molecular weight excluding hydrogens is 883 g/mol. The molecule has 4 N–H and O–H groups in total. The molecule has 4 amide bonds. The molecule has 4 atom stereocenters. The Kier molecular flexibility index (Phi) is 19.0. The Balaban J connectivity index is 1.61. The number of hydrogen-bond acceptors (Lipinski definition) is 13. The smallest absolute Gasteiger partial charge is 0.408 e. The molecule has 0 unspecified atom stereocenters. The highest BCUT2D eigenvalue weighted by molar-refractivity contribution is 7.90. The molecule has 67 heavy (non-hydrogen) atoms. The molecule has 4 aromatic rings. The van der Waals surface area contributed by atoms with Crippen molar-refractivity contribution in [1.29, 1.82) is 0 Å². The molecule has 0 saturated heterocycles. The number of pyridine rings is 1. The average molecular weight is 944 g/mol. The molecule has 18 heteroatoms. The van der Waals surface area contributed by atoms with Crippen molar-refractivity contribution in [2.75, 3.05) is 0 Å². The second kappa shape index (κ2) is 24.1. The fourth-order valence-electron chi connectivity index (χ4n) is 6.37. The number of aromatic nitrogens is 1. The molecule has 0 aliphatic rings. The van der Waals surface area contributed by atoms with E-state index in [4.69, 9.17) is 23.4 Å². The third kappa shape index (κ3) is 19.3. The van der Waals surface area contributed by atoms with Crippen LogP contribution in [0.1, 0.15) is 85.9 Å². The van der Waals surface area contributed by atoms with Crippen LogP contribution in [0.25, 0.3) is 10.9 Å². The number of nitrogens with one attached hydrogen (secondary N) is 4. The van der Waals surface area contributed by atoms with Crippen LogP contribution in [-0.4, -0.2) is 84.5 Å². The zero-order chi connectivity index (χ0) is 49.4. The minimum absolute atomic E-state index is 0.0374. The fourth-order valence-corrected chi connectivity index (χ4v) is 7.18. The van der Waals surface area contributed by atoms with Crippen molar-refractivity contribution in [3.63, 3.8) is 0 Å². The summed E-state index contributed by atoms with van der Waals surface area (Å²) < 4.78 is 47.2. The van der Waals surface area contributed by atoms with Gasteiger partial charge in [0, 0.05) is 11.1 Å². The number of fused-ring (bicyclic) bond motifs is 1. The molecule has 1 aromatic heterocycles. The lowest BCUT2D eigenvalue weighted by molar-refractivity contribution is -0.157. The van der Waals surface area contributed by atoms with Gasteiger partial charge in [0.1, 0.15) is 41.7 Å². The summed E-state index contributed by atoms with van der Waals surface area (Å²) in [5.41, 5.74) is 0.117. The number of carbonyl (C=O) groups is 6. The van der Waals surface area contributed by atoms with E-state index in [9.17, 15) is 37.2 Å². The van der Waals surface area contributed by atoms with Crippen molar-refractivity contribution >= 4 is 56.8 Å². The number of rotatable bonds is 21. The van der Waals surface area contributed by atoms with Crippen LogP contribution in [0.4, 0.5) is 4.79 Å². The van der Waals surface area contributed by atoms with Crippen LogP contribution in [-0.2, 0) is 61.3 Å². The van der Waals surface area contributed by atoms with Gasteiger partial charge >= 0.3 is 28.1 Å². The molecule has 0 aliphatic heterocycles. The Morgan fingerprint density at radius 3 is 1.87 bits per heavy atom. The van der Waals surface area contributed by atoms with Gasteiger partial charge in [-0.3, -0.25) is 29.0 Å². The first-order valence-electron chi connectivity index (χ1n) is 21.8. The molecule has 360 valence electrons. The van der Waals surface area contributed by atoms with Crippen LogP contribution in [0.15, 0.2) is 109 Å².